The molecule has 1 fully saturated rings. The molecule has 0 bridgehead atoms. The van der Waals surface area contributed by atoms with E-state index >= 15 is 0 Å². The summed E-state index contributed by atoms with van der Waals surface area (Å²) in [6, 6.07) is 6.41. The molecule has 1 aromatic heterocycles. The molecular formula is C15H14F2N2O2S. The zero-order valence-corrected chi connectivity index (χ0v) is 12.4. The minimum absolute atomic E-state index is 0.184. The molecule has 1 aliphatic heterocycles. The maximum atomic E-state index is 13.4. The molecule has 3 rings (SSSR count). The van der Waals surface area contributed by atoms with Crippen LogP contribution in [0.3, 0.4) is 0 Å². The molecular weight excluding hydrogens is 310 g/mol. The molecule has 1 atom stereocenters. The Hall–Kier alpha value is -1.86. The fraction of sp³-hybridized carbons (Fsp3) is 0.267. The van der Waals surface area contributed by atoms with Gasteiger partial charge in [0.05, 0.1) is 12.2 Å². The summed E-state index contributed by atoms with van der Waals surface area (Å²) in [6.07, 6.45) is 3.35. The lowest BCUT2D eigenvalue weighted by molar-refractivity contribution is 0.395. The van der Waals surface area contributed by atoms with Crippen LogP contribution < -0.4 is 0 Å². The third kappa shape index (κ3) is 2.74. The molecule has 2 aromatic rings. The van der Waals surface area contributed by atoms with Gasteiger partial charge in [-0.2, -0.15) is 4.31 Å². The van der Waals surface area contributed by atoms with Crippen LogP contribution in [0.5, 0.6) is 0 Å². The lowest BCUT2D eigenvalue weighted by Gasteiger charge is -2.24. The Morgan fingerprint density at radius 1 is 1.14 bits per heavy atom. The smallest absolute Gasteiger partial charge is 0.245 e. The highest BCUT2D eigenvalue weighted by Gasteiger charge is 2.36. The molecule has 22 heavy (non-hydrogen) atoms. The van der Waals surface area contributed by atoms with Gasteiger partial charge >= 0.3 is 0 Å². The summed E-state index contributed by atoms with van der Waals surface area (Å²) in [5.74, 6) is -1.11. The van der Waals surface area contributed by atoms with Crippen molar-refractivity contribution < 1.29 is 17.2 Å². The van der Waals surface area contributed by atoms with Crippen LogP contribution in [0.1, 0.15) is 24.4 Å². The average molecular weight is 324 g/mol. The van der Waals surface area contributed by atoms with Crippen LogP contribution in [0, 0.1) is 11.6 Å². The van der Waals surface area contributed by atoms with Crippen LogP contribution in [0.2, 0.25) is 0 Å². The minimum atomic E-state index is -3.86. The second-order valence-electron chi connectivity index (χ2n) is 5.17. The Morgan fingerprint density at radius 2 is 1.95 bits per heavy atom. The summed E-state index contributed by atoms with van der Waals surface area (Å²) in [5.41, 5.74) is 0.602. The van der Waals surface area contributed by atoms with Crippen molar-refractivity contribution in [1.82, 2.24) is 9.29 Å². The van der Waals surface area contributed by atoms with Crippen LogP contribution >= 0.6 is 0 Å². The second kappa shape index (κ2) is 5.73. The largest absolute Gasteiger partial charge is 0.260 e. The predicted molar refractivity (Wildman–Crippen MR) is 76.5 cm³/mol. The van der Waals surface area contributed by atoms with Gasteiger partial charge in [0.25, 0.3) is 0 Å². The fourth-order valence-electron chi connectivity index (χ4n) is 2.74. The molecule has 4 nitrogen and oxygen atoms in total. The van der Waals surface area contributed by atoms with Gasteiger partial charge in [0.2, 0.25) is 10.0 Å². The van der Waals surface area contributed by atoms with Crippen molar-refractivity contribution >= 4 is 10.0 Å². The van der Waals surface area contributed by atoms with E-state index in [1.165, 1.54) is 16.4 Å². The first-order valence-corrected chi connectivity index (χ1v) is 8.30. The van der Waals surface area contributed by atoms with Gasteiger partial charge in [-0.25, -0.2) is 17.2 Å². The van der Waals surface area contributed by atoms with E-state index in [2.05, 4.69) is 4.98 Å². The molecule has 1 aromatic carbocycles. The molecule has 0 unspecified atom stereocenters. The minimum Gasteiger partial charge on any atom is -0.260 e. The topological polar surface area (TPSA) is 50.3 Å². The summed E-state index contributed by atoms with van der Waals surface area (Å²) >= 11 is 0. The lowest BCUT2D eigenvalue weighted by Crippen LogP contribution is -2.30. The first-order valence-electron chi connectivity index (χ1n) is 6.86. The summed E-state index contributed by atoms with van der Waals surface area (Å²) in [7, 11) is -3.86. The van der Waals surface area contributed by atoms with Crippen molar-refractivity contribution in [2.75, 3.05) is 6.54 Å². The molecule has 2 heterocycles. The van der Waals surface area contributed by atoms with Gasteiger partial charge in [-0.3, -0.25) is 4.98 Å². The van der Waals surface area contributed by atoms with Crippen LogP contribution in [0.15, 0.2) is 47.6 Å². The Labute approximate surface area is 127 Å². The quantitative estimate of drug-likeness (QED) is 0.872. The monoisotopic (exact) mass is 324 g/mol. The number of benzene rings is 1. The lowest BCUT2D eigenvalue weighted by atomic mass is 10.1. The van der Waals surface area contributed by atoms with Crippen molar-refractivity contribution in [3.63, 3.8) is 0 Å². The predicted octanol–water partition coefficient (Wildman–Crippen LogP) is 2.89. The van der Waals surface area contributed by atoms with Gasteiger partial charge < -0.3 is 0 Å². The normalized spacial score (nSPS) is 19.5. The Bertz CT molecular complexity index is 796. The molecule has 0 amide bonds. The highest BCUT2D eigenvalue weighted by Crippen LogP contribution is 2.36. The maximum Gasteiger partial charge on any atom is 0.245 e. The number of nitrogens with zero attached hydrogens (tertiary/aromatic N) is 2. The average Bonchev–Trinajstić information content (AvgIpc) is 2.97. The van der Waals surface area contributed by atoms with Gasteiger partial charge in [0, 0.05) is 12.7 Å². The van der Waals surface area contributed by atoms with Crippen molar-refractivity contribution in [3.05, 3.63) is 59.9 Å². The number of rotatable bonds is 3. The van der Waals surface area contributed by atoms with Crippen LogP contribution in [-0.2, 0) is 10.0 Å². The van der Waals surface area contributed by atoms with Crippen LogP contribution in [0.25, 0.3) is 0 Å². The maximum absolute atomic E-state index is 13.4. The van der Waals surface area contributed by atoms with Crippen LogP contribution in [0.4, 0.5) is 8.78 Å². The Morgan fingerprint density at radius 3 is 2.68 bits per heavy atom. The van der Waals surface area contributed by atoms with Gasteiger partial charge in [0.1, 0.15) is 16.5 Å². The third-order valence-electron chi connectivity index (χ3n) is 3.72. The molecule has 0 spiro atoms. The van der Waals surface area contributed by atoms with Gasteiger partial charge in [0.15, 0.2) is 0 Å². The number of hydrogen-bond donors (Lipinski definition) is 0. The molecule has 0 saturated carbocycles. The van der Waals surface area contributed by atoms with E-state index in [4.69, 9.17) is 0 Å². The molecule has 1 aliphatic rings. The van der Waals surface area contributed by atoms with Gasteiger partial charge in [-0.15, -0.1) is 0 Å². The number of pyridine rings is 1. The van der Waals surface area contributed by atoms with Gasteiger partial charge in [-0.1, -0.05) is 12.1 Å². The standard InChI is InChI=1S/C15H14F2N2O2S/c16-12-4-1-3-11(7-12)15-5-2-6-19(15)22(20,21)14-8-13(17)9-18-10-14/h1,3-4,7-10,15H,2,5-6H2/t15-/m1/s1. The highest BCUT2D eigenvalue weighted by molar-refractivity contribution is 7.89. The SMILES string of the molecule is O=S(=O)(c1cncc(F)c1)N1CCC[C@@H]1c1cccc(F)c1. The highest BCUT2D eigenvalue weighted by atomic mass is 32.2. The van der Waals surface area contributed by atoms with Crippen molar-refractivity contribution in [2.24, 2.45) is 0 Å². The van der Waals surface area contributed by atoms with Gasteiger partial charge in [-0.05, 0) is 36.6 Å². The van der Waals surface area contributed by atoms with Crippen LogP contribution in [-0.4, -0.2) is 24.3 Å². The summed E-state index contributed by atoms with van der Waals surface area (Å²) in [6.45, 7) is 0.319. The third-order valence-corrected chi connectivity index (χ3v) is 5.60. The van der Waals surface area contributed by atoms with Crippen molar-refractivity contribution in [3.8, 4) is 0 Å². The zero-order chi connectivity index (χ0) is 15.7. The van der Waals surface area contributed by atoms with E-state index in [0.29, 0.717) is 24.9 Å². The number of sulfonamides is 1. The fourth-order valence-corrected chi connectivity index (χ4v) is 4.40. The summed E-state index contributed by atoms with van der Waals surface area (Å²) in [5, 5.41) is 0. The number of halogens is 2. The molecule has 0 N–H and O–H groups in total. The first kappa shape index (κ1) is 15.1. The van der Waals surface area contributed by atoms with E-state index in [0.717, 1.165) is 18.5 Å². The Balaban J connectivity index is 1.99. The van der Waals surface area contributed by atoms with Crippen molar-refractivity contribution in [2.45, 2.75) is 23.8 Å². The summed E-state index contributed by atoms with van der Waals surface area (Å²) in [4.78, 5) is 3.41. The Kier molecular flexibility index (Phi) is 3.92. The molecule has 1 saturated heterocycles. The second-order valence-corrected chi connectivity index (χ2v) is 7.06. The van der Waals surface area contributed by atoms with E-state index in [9.17, 15) is 17.2 Å². The molecule has 0 aliphatic carbocycles. The number of hydrogen-bond acceptors (Lipinski definition) is 3. The zero-order valence-electron chi connectivity index (χ0n) is 11.6. The molecule has 116 valence electrons. The van der Waals surface area contributed by atoms with E-state index in [1.54, 1.807) is 12.1 Å². The molecule has 7 heteroatoms. The molecule has 0 radical (unpaired) electrons. The van der Waals surface area contributed by atoms with E-state index in [-0.39, 0.29) is 4.90 Å². The van der Waals surface area contributed by atoms with E-state index < -0.39 is 27.7 Å². The first-order chi connectivity index (χ1) is 10.5. The number of aromatic nitrogens is 1. The summed E-state index contributed by atoms with van der Waals surface area (Å²) < 4.78 is 53.3. The van der Waals surface area contributed by atoms with E-state index in [1.807, 2.05) is 0 Å². The van der Waals surface area contributed by atoms with Crippen molar-refractivity contribution in [1.29, 1.82) is 0 Å².